The summed E-state index contributed by atoms with van der Waals surface area (Å²) >= 11 is 3.64. The molecule has 0 N–H and O–H groups in total. The molecule has 0 aliphatic heterocycles. The molecule has 1 aromatic rings. The molecule has 0 unspecified atom stereocenters. The predicted molar refractivity (Wildman–Crippen MR) is 63.6 cm³/mol. The molecule has 0 bridgehead atoms. The Morgan fingerprint density at radius 1 is 1.40 bits per heavy atom. The Morgan fingerprint density at radius 3 is 2.47 bits per heavy atom. The molecule has 0 aliphatic carbocycles. The monoisotopic (exact) mass is 335 g/mol. The summed E-state index contributed by atoms with van der Waals surface area (Å²) in [5.41, 5.74) is 0.225. The van der Waals surface area contributed by atoms with E-state index in [1.807, 2.05) is 6.07 Å². The molecular weight excluding hydrogens is 320 g/mol. The van der Waals surface area contributed by atoms with Crippen molar-refractivity contribution < 1.29 is 9.53 Å². The number of esters is 1. The van der Waals surface area contributed by atoms with Gasteiger partial charge in [0, 0.05) is 0 Å². The van der Waals surface area contributed by atoms with Crippen molar-refractivity contribution in [3.8, 4) is 0 Å². The van der Waals surface area contributed by atoms with Gasteiger partial charge in [0.05, 0.1) is 0 Å². The van der Waals surface area contributed by atoms with Gasteiger partial charge in [-0.2, -0.15) is 0 Å². The molecular formula is C10H14ClNO2Sn. The van der Waals surface area contributed by atoms with Gasteiger partial charge in [0.15, 0.2) is 0 Å². The van der Waals surface area contributed by atoms with E-state index < -0.39 is 24.3 Å². The number of rotatable bonds is 2. The van der Waals surface area contributed by atoms with E-state index >= 15 is 0 Å². The quantitative estimate of drug-likeness (QED) is 0.614. The van der Waals surface area contributed by atoms with Crippen LogP contribution in [0.5, 0.6) is 0 Å². The van der Waals surface area contributed by atoms with Gasteiger partial charge in [-0.25, -0.2) is 0 Å². The van der Waals surface area contributed by atoms with Gasteiger partial charge in [0.1, 0.15) is 0 Å². The predicted octanol–water partition coefficient (Wildman–Crippen LogP) is 2.07. The maximum absolute atomic E-state index is 11.4. The Bertz CT molecular complexity index is 387. The first kappa shape index (κ1) is 12.8. The van der Waals surface area contributed by atoms with Gasteiger partial charge in [0.2, 0.25) is 0 Å². The van der Waals surface area contributed by atoms with Crippen LogP contribution in [0.25, 0.3) is 0 Å². The maximum atomic E-state index is 11.4. The molecule has 1 heterocycles. The number of hydrogen-bond acceptors (Lipinski definition) is 3. The summed E-state index contributed by atoms with van der Waals surface area (Å²) in [6, 6.07) is 3.63. The summed E-state index contributed by atoms with van der Waals surface area (Å²) in [6.07, 6.45) is 0. The summed E-state index contributed by atoms with van der Waals surface area (Å²) in [6.45, 7) is 0. The van der Waals surface area contributed by atoms with E-state index in [0.29, 0.717) is 5.02 Å². The second-order valence-electron chi connectivity index (χ2n) is 4.27. The number of methoxy groups -OCH3 is 1. The number of pyridine rings is 1. The third kappa shape index (κ3) is 3.08. The zero-order valence-corrected chi connectivity index (χ0v) is 12.9. The van der Waals surface area contributed by atoms with Crippen LogP contribution in [0.3, 0.4) is 0 Å². The molecule has 3 nitrogen and oxygen atoms in total. The van der Waals surface area contributed by atoms with Gasteiger partial charge < -0.3 is 0 Å². The average Bonchev–Trinajstić information content (AvgIpc) is 2.15. The molecule has 1 aromatic heterocycles. The van der Waals surface area contributed by atoms with Crippen LogP contribution in [0, 0.1) is 0 Å². The van der Waals surface area contributed by atoms with Gasteiger partial charge in [-0.15, -0.1) is 0 Å². The molecule has 1 rings (SSSR count). The van der Waals surface area contributed by atoms with Gasteiger partial charge in [0.25, 0.3) is 0 Å². The number of carbonyl (C=O) groups excluding carboxylic acids is 1. The number of nitrogens with zero attached hydrogens (tertiary/aromatic N) is 1. The first-order chi connectivity index (χ1) is 6.86. The van der Waals surface area contributed by atoms with Crippen molar-refractivity contribution >= 4 is 39.7 Å². The zero-order valence-electron chi connectivity index (χ0n) is 9.30. The van der Waals surface area contributed by atoms with Gasteiger partial charge in [-0.1, -0.05) is 0 Å². The molecule has 0 saturated carbocycles. The van der Waals surface area contributed by atoms with E-state index in [1.54, 1.807) is 6.07 Å². The average molecular weight is 334 g/mol. The molecule has 0 spiro atoms. The Labute approximate surface area is 98.7 Å². The normalized spacial score (nSPS) is 11.3. The van der Waals surface area contributed by atoms with Crippen LogP contribution in [0.2, 0.25) is 19.8 Å². The summed E-state index contributed by atoms with van der Waals surface area (Å²) in [4.78, 5) is 22.4. The van der Waals surface area contributed by atoms with Crippen molar-refractivity contribution in [1.29, 1.82) is 0 Å². The minimum atomic E-state index is -2.24. The number of hydrogen-bond donors (Lipinski definition) is 0. The van der Waals surface area contributed by atoms with Crippen molar-refractivity contribution in [2.45, 2.75) is 14.8 Å². The summed E-state index contributed by atoms with van der Waals surface area (Å²) in [5, 5.41) is 0.348. The fourth-order valence-electron chi connectivity index (χ4n) is 1.10. The molecule has 0 fully saturated rings. The Hall–Kier alpha value is -0.291. The topological polar surface area (TPSA) is 39.2 Å². The molecule has 5 heteroatoms. The van der Waals surface area contributed by atoms with Crippen molar-refractivity contribution in [3.05, 3.63) is 22.8 Å². The van der Waals surface area contributed by atoms with E-state index in [1.165, 1.54) is 7.11 Å². The minimum absolute atomic E-state index is 0.225. The third-order valence-corrected chi connectivity index (χ3v) is 7.48. The summed E-state index contributed by atoms with van der Waals surface area (Å²) in [7, 11) is 1.33. The molecule has 0 amide bonds. The van der Waals surface area contributed by atoms with Crippen LogP contribution >= 0.6 is 11.6 Å². The van der Waals surface area contributed by atoms with E-state index in [0.717, 1.165) is 3.71 Å². The van der Waals surface area contributed by atoms with Gasteiger partial charge in [-0.05, 0) is 0 Å². The number of aromatic nitrogens is 1. The van der Waals surface area contributed by atoms with Crippen molar-refractivity contribution in [2.75, 3.05) is 7.11 Å². The van der Waals surface area contributed by atoms with Gasteiger partial charge >= 0.3 is 99.0 Å². The summed E-state index contributed by atoms with van der Waals surface area (Å²) in [5.74, 6) is -0.475. The number of carbonyl (C=O) groups is 1. The Morgan fingerprint density at radius 2 is 2.00 bits per heavy atom. The van der Waals surface area contributed by atoms with E-state index in [9.17, 15) is 4.79 Å². The van der Waals surface area contributed by atoms with Crippen LogP contribution in [-0.2, 0) is 4.74 Å². The van der Waals surface area contributed by atoms with Crippen molar-refractivity contribution in [1.82, 2.24) is 4.98 Å². The first-order valence-electron chi connectivity index (χ1n) is 4.61. The fraction of sp³-hybridized carbons (Fsp3) is 0.400. The standard InChI is InChI=1S/C7H5ClNO2.3CH3.Sn/c1-11-7(10)6-5(8)3-2-4-9-6;;;;/h2-3H,1H3;3*1H3;. The zero-order chi connectivity index (χ0) is 11.6. The Kier molecular flexibility index (Phi) is 4.00. The van der Waals surface area contributed by atoms with E-state index in [-0.39, 0.29) is 5.69 Å². The molecule has 82 valence electrons. The molecule has 0 aliphatic rings. The van der Waals surface area contributed by atoms with Crippen molar-refractivity contribution in [3.63, 3.8) is 0 Å². The number of halogens is 1. The Balaban J connectivity index is 3.23. The third-order valence-electron chi connectivity index (χ3n) is 1.99. The molecule has 0 atom stereocenters. The van der Waals surface area contributed by atoms with E-state index in [2.05, 4.69) is 24.5 Å². The molecule has 0 radical (unpaired) electrons. The second-order valence-corrected chi connectivity index (χ2v) is 19.0. The summed E-state index contributed by atoms with van der Waals surface area (Å²) < 4.78 is 5.64. The fourth-order valence-corrected chi connectivity index (χ4v) is 4.22. The van der Waals surface area contributed by atoms with Crippen LogP contribution in [0.4, 0.5) is 0 Å². The molecule has 0 saturated heterocycles. The second kappa shape index (κ2) is 4.70. The van der Waals surface area contributed by atoms with Crippen LogP contribution < -0.4 is 3.71 Å². The van der Waals surface area contributed by atoms with Crippen LogP contribution in [0.15, 0.2) is 12.1 Å². The molecule has 0 aromatic carbocycles. The van der Waals surface area contributed by atoms with Crippen molar-refractivity contribution in [2.24, 2.45) is 0 Å². The SMILES string of the molecule is COC(=O)c1n[c]([Sn]([CH3])([CH3])[CH3])ccc1Cl. The van der Waals surface area contributed by atoms with E-state index in [4.69, 9.17) is 11.6 Å². The van der Waals surface area contributed by atoms with Crippen LogP contribution in [-0.4, -0.2) is 36.4 Å². The van der Waals surface area contributed by atoms with Crippen LogP contribution in [0.1, 0.15) is 10.5 Å². The number of ether oxygens (including phenoxy) is 1. The molecule has 15 heavy (non-hydrogen) atoms. The van der Waals surface area contributed by atoms with Gasteiger partial charge in [-0.3, -0.25) is 0 Å². The first-order valence-corrected chi connectivity index (χ1v) is 15.0.